The third kappa shape index (κ3) is 5.48. The average Bonchev–Trinajstić information content (AvgIpc) is 2.61. The Hall–Kier alpha value is -3.08. The number of carbonyl (C=O) groups is 2. The maximum atomic E-state index is 12.9. The van der Waals surface area contributed by atoms with Crippen molar-refractivity contribution in [1.82, 2.24) is 10.2 Å². The monoisotopic (exact) mass is 351 g/mol. The molecule has 0 aliphatic carbocycles. The van der Waals surface area contributed by atoms with Gasteiger partial charge < -0.3 is 16.0 Å². The number of hydrogen-bond acceptors (Lipinski definition) is 2. The zero-order chi connectivity index (χ0) is 18.9. The van der Waals surface area contributed by atoms with Gasteiger partial charge in [-0.3, -0.25) is 4.79 Å². The molecule has 1 atom stereocenters. The lowest BCUT2D eigenvalue weighted by Gasteiger charge is -2.25. The molecular formula is C21H25N3O2. The molecule has 3 amide bonds. The first-order valence-electron chi connectivity index (χ1n) is 8.55. The van der Waals surface area contributed by atoms with Crippen molar-refractivity contribution in [2.24, 2.45) is 5.73 Å². The van der Waals surface area contributed by atoms with Crippen LogP contribution in [0.3, 0.4) is 0 Å². The third-order valence-electron chi connectivity index (χ3n) is 4.18. The van der Waals surface area contributed by atoms with Crippen LogP contribution >= 0.6 is 0 Å². The fraction of sp³-hybridized carbons (Fsp3) is 0.238. The highest BCUT2D eigenvalue weighted by Gasteiger charge is 2.22. The van der Waals surface area contributed by atoms with Crippen LogP contribution < -0.4 is 11.1 Å². The Morgan fingerprint density at radius 2 is 1.81 bits per heavy atom. The topological polar surface area (TPSA) is 75.4 Å². The number of aryl methyl sites for hydroxylation is 1. The molecule has 0 bridgehead atoms. The summed E-state index contributed by atoms with van der Waals surface area (Å²) < 4.78 is 0. The minimum Gasteiger partial charge on any atom is -0.352 e. The fourth-order valence-electron chi connectivity index (χ4n) is 2.91. The number of hydrogen-bond donors (Lipinski definition) is 2. The second-order valence-electron chi connectivity index (χ2n) is 6.17. The number of nitrogens with one attached hydrogen (secondary N) is 1. The van der Waals surface area contributed by atoms with Gasteiger partial charge in [-0.1, -0.05) is 60.7 Å². The van der Waals surface area contributed by atoms with E-state index in [1.165, 1.54) is 0 Å². The summed E-state index contributed by atoms with van der Waals surface area (Å²) in [7, 11) is 0. The summed E-state index contributed by atoms with van der Waals surface area (Å²) in [6.07, 6.45) is 1.83. The summed E-state index contributed by atoms with van der Waals surface area (Å²) in [5.74, 6) is -0.0734. The van der Waals surface area contributed by atoms with E-state index in [0.29, 0.717) is 13.1 Å². The molecule has 136 valence electrons. The van der Waals surface area contributed by atoms with E-state index >= 15 is 0 Å². The van der Waals surface area contributed by atoms with Crippen molar-refractivity contribution in [2.75, 3.05) is 6.54 Å². The van der Waals surface area contributed by atoms with Gasteiger partial charge in [-0.05, 0) is 23.6 Å². The summed E-state index contributed by atoms with van der Waals surface area (Å²) in [5.41, 5.74) is 8.25. The molecule has 0 heterocycles. The molecule has 26 heavy (non-hydrogen) atoms. The van der Waals surface area contributed by atoms with Crippen molar-refractivity contribution in [3.63, 3.8) is 0 Å². The summed E-state index contributed by atoms with van der Waals surface area (Å²) in [6.45, 7) is 6.61. The highest BCUT2D eigenvalue weighted by Crippen LogP contribution is 2.22. The molecule has 0 saturated carbocycles. The number of primary amides is 1. The van der Waals surface area contributed by atoms with Crippen LogP contribution in [0.2, 0.25) is 0 Å². The van der Waals surface area contributed by atoms with E-state index in [1.54, 1.807) is 11.0 Å². The molecule has 0 aliphatic heterocycles. The summed E-state index contributed by atoms with van der Waals surface area (Å²) in [4.78, 5) is 26.1. The lowest BCUT2D eigenvalue weighted by Crippen LogP contribution is -2.38. The molecule has 0 radical (unpaired) electrons. The predicted molar refractivity (Wildman–Crippen MR) is 103 cm³/mol. The zero-order valence-electron chi connectivity index (χ0n) is 15.0. The SMILES string of the molecule is C=CCN(Cc1ccccc1)C(=O)CC(NC(N)=O)c1ccccc1C. The van der Waals surface area contributed by atoms with Crippen LogP contribution in [-0.4, -0.2) is 23.4 Å². The minimum absolute atomic E-state index is 0.0734. The van der Waals surface area contributed by atoms with Crippen LogP contribution in [-0.2, 0) is 11.3 Å². The normalized spacial score (nSPS) is 11.4. The molecule has 0 spiro atoms. The Morgan fingerprint density at radius 1 is 1.15 bits per heavy atom. The molecule has 5 heteroatoms. The van der Waals surface area contributed by atoms with Crippen LogP contribution in [0.25, 0.3) is 0 Å². The number of nitrogens with zero attached hydrogens (tertiary/aromatic N) is 1. The quantitative estimate of drug-likeness (QED) is 0.716. The highest BCUT2D eigenvalue weighted by atomic mass is 16.2. The highest BCUT2D eigenvalue weighted by molar-refractivity contribution is 5.79. The van der Waals surface area contributed by atoms with Crippen LogP contribution in [0.5, 0.6) is 0 Å². The van der Waals surface area contributed by atoms with Crippen molar-refractivity contribution >= 4 is 11.9 Å². The first-order valence-corrected chi connectivity index (χ1v) is 8.55. The molecule has 0 saturated heterocycles. The summed E-state index contributed by atoms with van der Waals surface area (Å²) in [5, 5.41) is 2.69. The number of carbonyl (C=O) groups excluding carboxylic acids is 2. The van der Waals surface area contributed by atoms with E-state index in [-0.39, 0.29) is 12.3 Å². The average molecular weight is 351 g/mol. The van der Waals surface area contributed by atoms with Gasteiger partial charge in [-0.15, -0.1) is 6.58 Å². The molecule has 2 rings (SSSR count). The zero-order valence-corrected chi connectivity index (χ0v) is 15.0. The van der Waals surface area contributed by atoms with Gasteiger partial charge in [-0.25, -0.2) is 4.79 Å². The van der Waals surface area contributed by atoms with Crippen LogP contribution in [0, 0.1) is 6.92 Å². The second kappa shape index (κ2) is 9.42. The van der Waals surface area contributed by atoms with Crippen molar-refractivity contribution < 1.29 is 9.59 Å². The standard InChI is InChI=1S/C21H25N3O2/c1-3-13-24(15-17-10-5-4-6-11-17)20(25)14-19(23-21(22)26)18-12-8-7-9-16(18)2/h3-12,19H,1,13-15H2,2H3,(H3,22,23,26). The van der Waals surface area contributed by atoms with Crippen molar-refractivity contribution in [2.45, 2.75) is 25.9 Å². The minimum atomic E-state index is -0.649. The van der Waals surface area contributed by atoms with E-state index in [4.69, 9.17) is 5.73 Å². The smallest absolute Gasteiger partial charge is 0.312 e. The van der Waals surface area contributed by atoms with Gasteiger partial charge in [0.1, 0.15) is 0 Å². The Kier molecular flexibility index (Phi) is 6.97. The first-order chi connectivity index (χ1) is 12.5. The summed E-state index contributed by atoms with van der Waals surface area (Å²) in [6, 6.07) is 16.3. The van der Waals surface area contributed by atoms with Gasteiger partial charge in [0.15, 0.2) is 0 Å². The van der Waals surface area contributed by atoms with Crippen molar-refractivity contribution in [1.29, 1.82) is 0 Å². The van der Waals surface area contributed by atoms with Gasteiger partial charge in [0, 0.05) is 13.1 Å². The van der Waals surface area contributed by atoms with Gasteiger partial charge >= 0.3 is 6.03 Å². The maximum absolute atomic E-state index is 12.9. The Balaban J connectivity index is 2.18. The Morgan fingerprint density at radius 3 is 2.42 bits per heavy atom. The predicted octanol–water partition coefficient (Wildman–Crippen LogP) is 3.31. The Bertz CT molecular complexity index is 759. The lowest BCUT2D eigenvalue weighted by molar-refractivity contribution is -0.131. The number of rotatable bonds is 8. The van der Waals surface area contributed by atoms with Gasteiger partial charge in [0.25, 0.3) is 0 Å². The lowest BCUT2D eigenvalue weighted by atomic mass is 9.98. The van der Waals surface area contributed by atoms with Gasteiger partial charge in [0.05, 0.1) is 12.5 Å². The molecule has 2 aromatic rings. The van der Waals surface area contributed by atoms with Gasteiger partial charge in [0.2, 0.25) is 5.91 Å². The molecule has 5 nitrogen and oxygen atoms in total. The Labute approximate surface area is 154 Å². The van der Waals surface area contributed by atoms with Crippen molar-refractivity contribution in [3.05, 3.63) is 83.9 Å². The molecule has 3 N–H and O–H groups in total. The van der Waals surface area contributed by atoms with Crippen molar-refractivity contribution in [3.8, 4) is 0 Å². The number of urea groups is 1. The molecule has 2 aromatic carbocycles. The largest absolute Gasteiger partial charge is 0.352 e. The van der Waals surface area contributed by atoms with E-state index in [1.807, 2.05) is 61.5 Å². The fourth-order valence-corrected chi connectivity index (χ4v) is 2.91. The molecule has 0 aromatic heterocycles. The van der Waals surface area contributed by atoms with E-state index in [9.17, 15) is 9.59 Å². The summed E-state index contributed by atoms with van der Waals surface area (Å²) >= 11 is 0. The molecular weight excluding hydrogens is 326 g/mol. The maximum Gasteiger partial charge on any atom is 0.312 e. The third-order valence-corrected chi connectivity index (χ3v) is 4.18. The van der Waals surface area contributed by atoms with Gasteiger partial charge in [-0.2, -0.15) is 0 Å². The number of amides is 3. The van der Waals surface area contributed by atoms with Crippen LogP contribution in [0.4, 0.5) is 4.79 Å². The van der Waals surface area contributed by atoms with Crippen LogP contribution in [0.1, 0.15) is 29.2 Å². The number of nitrogens with two attached hydrogens (primary N) is 1. The van der Waals surface area contributed by atoms with Crippen LogP contribution in [0.15, 0.2) is 67.3 Å². The van der Waals surface area contributed by atoms with E-state index < -0.39 is 12.1 Å². The van der Waals surface area contributed by atoms with E-state index in [0.717, 1.165) is 16.7 Å². The molecule has 0 fully saturated rings. The second-order valence-corrected chi connectivity index (χ2v) is 6.17. The molecule has 0 aliphatic rings. The number of benzene rings is 2. The first kappa shape index (κ1) is 19.2. The van der Waals surface area contributed by atoms with E-state index in [2.05, 4.69) is 11.9 Å². The molecule has 1 unspecified atom stereocenters.